The van der Waals surface area contributed by atoms with E-state index in [0.29, 0.717) is 19.0 Å². The first-order valence-electron chi connectivity index (χ1n) is 6.05. The van der Waals surface area contributed by atoms with Crippen LogP contribution in [0.15, 0.2) is 30.9 Å². The Balaban J connectivity index is 2.48. The molecule has 0 atom stereocenters. The highest BCUT2D eigenvalue weighted by Crippen LogP contribution is 2.23. The molecule has 2 N–H and O–H groups in total. The minimum Gasteiger partial charge on any atom is -0.366 e. The van der Waals surface area contributed by atoms with E-state index in [-0.39, 0.29) is 0 Å². The third kappa shape index (κ3) is 3.02. The molecule has 0 bridgehead atoms. The highest BCUT2D eigenvalue weighted by atomic mass is 15.1. The van der Waals surface area contributed by atoms with Gasteiger partial charge in [-0.05, 0) is 19.1 Å². The van der Waals surface area contributed by atoms with Crippen molar-refractivity contribution in [2.75, 3.05) is 23.7 Å². The fourth-order valence-electron chi connectivity index (χ4n) is 1.76. The number of anilines is 2. The second kappa shape index (κ2) is 5.87. The normalized spacial score (nSPS) is 9.89. The van der Waals surface area contributed by atoms with Gasteiger partial charge in [0.05, 0.1) is 12.1 Å². The summed E-state index contributed by atoms with van der Waals surface area (Å²) in [5, 5.41) is 7.21. The minimum atomic E-state index is 0.401. The molecule has 2 aromatic rings. The maximum Gasteiger partial charge on any atom is 0.225 e. The van der Waals surface area contributed by atoms with Crippen LogP contribution in [0.3, 0.4) is 0 Å². The summed E-state index contributed by atoms with van der Waals surface area (Å²) in [7, 11) is 0. The molecule has 1 aromatic carbocycles. The van der Waals surface area contributed by atoms with Crippen LogP contribution in [0.5, 0.6) is 0 Å². The van der Waals surface area contributed by atoms with Crippen LogP contribution in [-0.2, 0) is 0 Å². The Kier molecular flexibility index (Phi) is 3.99. The summed E-state index contributed by atoms with van der Waals surface area (Å²) in [5.74, 6) is 3.82. The van der Waals surface area contributed by atoms with Gasteiger partial charge in [0.1, 0.15) is 5.82 Å². The van der Waals surface area contributed by atoms with Crippen molar-refractivity contribution in [3.63, 3.8) is 0 Å². The molecular weight excluding hydrogens is 236 g/mol. The van der Waals surface area contributed by atoms with Crippen molar-refractivity contribution in [2.45, 2.75) is 6.92 Å². The minimum absolute atomic E-state index is 0.401. The zero-order chi connectivity index (χ0) is 13.7. The van der Waals surface area contributed by atoms with Crippen molar-refractivity contribution < 1.29 is 0 Å². The first kappa shape index (κ1) is 12.9. The van der Waals surface area contributed by atoms with E-state index in [2.05, 4.69) is 39.2 Å². The Labute approximate surface area is 113 Å². The van der Waals surface area contributed by atoms with Crippen LogP contribution in [-0.4, -0.2) is 23.1 Å². The molecule has 0 spiro atoms. The van der Waals surface area contributed by atoms with Gasteiger partial charge in [0.2, 0.25) is 5.95 Å². The van der Waals surface area contributed by atoms with E-state index in [1.165, 1.54) is 5.56 Å². The molecule has 0 amide bonds. The van der Waals surface area contributed by atoms with Crippen molar-refractivity contribution in [3.05, 3.63) is 36.4 Å². The van der Waals surface area contributed by atoms with Gasteiger partial charge in [-0.2, -0.15) is 4.98 Å². The molecule has 2 rings (SSSR count). The maximum atomic E-state index is 5.23. The van der Waals surface area contributed by atoms with E-state index >= 15 is 0 Å². The number of hydrogen-bond acceptors (Lipinski definition) is 4. The number of fused-ring (bicyclic) bond motifs is 1. The molecule has 0 saturated heterocycles. The fourth-order valence-corrected chi connectivity index (χ4v) is 1.76. The van der Waals surface area contributed by atoms with Gasteiger partial charge in [0, 0.05) is 11.9 Å². The molecule has 4 nitrogen and oxygen atoms in total. The van der Waals surface area contributed by atoms with Crippen molar-refractivity contribution in [1.29, 1.82) is 0 Å². The van der Waals surface area contributed by atoms with E-state index < -0.39 is 0 Å². The largest absolute Gasteiger partial charge is 0.366 e. The van der Waals surface area contributed by atoms with Gasteiger partial charge in [-0.3, -0.25) is 0 Å². The molecule has 0 radical (unpaired) electrons. The third-order valence-electron chi connectivity index (χ3n) is 2.61. The first-order chi connectivity index (χ1) is 9.24. The smallest absolute Gasteiger partial charge is 0.225 e. The fraction of sp³-hybridized carbons (Fsp3) is 0.200. The molecule has 0 unspecified atom stereocenters. The molecule has 96 valence electrons. The van der Waals surface area contributed by atoms with E-state index in [1.807, 2.05) is 19.1 Å². The van der Waals surface area contributed by atoms with Gasteiger partial charge in [0.25, 0.3) is 0 Å². The summed E-state index contributed by atoms with van der Waals surface area (Å²) in [5.41, 5.74) is 2.05. The van der Waals surface area contributed by atoms with Crippen LogP contribution < -0.4 is 10.6 Å². The summed E-state index contributed by atoms with van der Waals surface area (Å²) in [6, 6.07) is 6.07. The second-order valence-electron chi connectivity index (χ2n) is 4.14. The lowest BCUT2D eigenvalue weighted by atomic mass is 10.1. The molecule has 19 heavy (non-hydrogen) atoms. The maximum absolute atomic E-state index is 5.23. The Hall–Kier alpha value is -2.54. The number of nitrogens with one attached hydrogen (secondary N) is 2. The van der Waals surface area contributed by atoms with Gasteiger partial charge in [0.15, 0.2) is 0 Å². The molecule has 0 aliphatic carbocycles. The Bertz CT molecular complexity index is 640. The number of hydrogen-bond donors (Lipinski definition) is 2. The molecule has 0 fully saturated rings. The summed E-state index contributed by atoms with van der Waals surface area (Å²) in [6.07, 6.45) is 7.02. The number of aryl methyl sites for hydroxylation is 1. The van der Waals surface area contributed by atoms with Gasteiger partial charge in [-0.25, -0.2) is 4.98 Å². The molecular formula is C15H16N4. The quantitative estimate of drug-likeness (QED) is 0.634. The summed E-state index contributed by atoms with van der Waals surface area (Å²) >= 11 is 0. The van der Waals surface area contributed by atoms with Crippen LogP contribution >= 0.6 is 0 Å². The highest BCUT2D eigenvalue weighted by molar-refractivity contribution is 5.90. The van der Waals surface area contributed by atoms with Crippen LogP contribution in [0.1, 0.15) is 5.56 Å². The molecule has 4 heteroatoms. The Morgan fingerprint density at radius 2 is 2.21 bits per heavy atom. The van der Waals surface area contributed by atoms with E-state index in [1.54, 1.807) is 6.08 Å². The van der Waals surface area contributed by atoms with Crippen LogP contribution in [0.4, 0.5) is 11.8 Å². The first-order valence-corrected chi connectivity index (χ1v) is 6.05. The predicted octanol–water partition coefficient (Wildman–Crippen LogP) is 2.58. The average Bonchev–Trinajstić information content (AvgIpc) is 2.42. The van der Waals surface area contributed by atoms with Crippen LogP contribution in [0, 0.1) is 19.3 Å². The van der Waals surface area contributed by atoms with Crippen molar-refractivity contribution >= 4 is 22.7 Å². The number of benzene rings is 1. The SMILES string of the molecule is C#CCNc1nc(NCC=C)c2cc(C)ccc2n1. The number of rotatable bonds is 5. The van der Waals surface area contributed by atoms with Gasteiger partial charge in [-0.15, -0.1) is 13.0 Å². The molecule has 1 aromatic heterocycles. The molecule has 1 heterocycles. The molecule has 0 saturated carbocycles. The van der Waals surface area contributed by atoms with Crippen LogP contribution in [0.2, 0.25) is 0 Å². The monoisotopic (exact) mass is 252 g/mol. The number of terminal acetylenes is 1. The van der Waals surface area contributed by atoms with Crippen LogP contribution in [0.25, 0.3) is 10.9 Å². The van der Waals surface area contributed by atoms with E-state index in [4.69, 9.17) is 6.42 Å². The zero-order valence-corrected chi connectivity index (χ0v) is 10.9. The number of aromatic nitrogens is 2. The summed E-state index contributed by atoms with van der Waals surface area (Å²) in [6.45, 7) is 6.79. The lowest BCUT2D eigenvalue weighted by molar-refractivity contribution is 1.14. The average molecular weight is 252 g/mol. The van der Waals surface area contributed by atoms with Gasteiger partial charge in [-0.1, -0.05) is 23.6 Å². The van der Waals surface area contributed by atoms with Gasteiger partial charge < -0.3 is 10.6 Å². The molecule has 0 aliphatic heterocycles. The van der Waals surface area contributed by atoms with Crippen molar-refractivity contribution in [1.82, 2.24) is 9.97 Å². The predicted molar refractivity (Wildman–Crippen MR) is 80.3 cm³/mol. The number of nitrogens with zero attached hydrogens (tertiary/aromatic N) is 2. The highest BCUT2D eigenvalue weighted by Gasteiger charge is 2.07. The summed E-state index contributed by atoms with van der Waals surface area (Å²) < 4.78 is 0. The van der Waals surface area contributed by atoms with E-state index in [0.717, 1.165) is 16.7 Å². The lowest BCUT2D eigenvalue weighted by Crippen LogP contribution is -2.08. The Morgan fingerprint density at radius 1 is 1.37 bits per heavy atom. The Morgan fingerprint density at radius 3 is 2.95 bits per heavy atom. The standard InChI is InChI=1S/C15H16N4/c1-4-8-16-14-12-10-11(3)6-7-13(12)18-15(19-14)17-9-5-2/h2,4,6-7,10H,1,8-9H2,3H3,(H2,16,17,18,19). The summed E-state index contributed by atoms with van der Waals surface area (Å²) in [4.78, 5) is 8.88. The topological polar surface area (TPSA) is 49.8 Å². The lowest BCUT2D eigenvalue weighted by Gasteiger charge is -2.10. The zero-order valence-electron chi connectivity index (χ0n) is 10.9. The van der Waals surface area contributed by atoms with Crippen molar-refractivity contribution in [2.24, 2.45) is 0 Å². The van der Waals surface area contributed by atoms with Gasteiger partial charge >= 0.3 is 0 Å². The third-order valence-corrected chi connectivity index (χ3v) is 2.61. The second-order valence-corrected chi connectivity index (χ2v) is 4.14. The molecule has 0 aliphatic rings. The van der Waals surface area contributed by atoms with E-state index in [9.17, 15) is 0 Å². The van der Waals surface area contributed by atoms with Crippen molar-refractivity contribution in [3.8, 4) is 12.3 Å².